The van der Waals surface area contributed by atoms with Crippen LogP contribution in [0.1, 0.15) is 46.0 Å². The van der Waals surface area contributed by atoms with Gasteiger partial charge in [0.2, 0.25) is 5.91 Å². The summed E-state index contributed by atoms with van der Waals surface area (Å²) in [6, 6.07) is 5.26. The molecule has 3 heterocycles. The van der Waals surface area contributed by atoms with Gasteiger partial charge in [0.15, 0.2) is 0 Å². The Labute approximate surface area is 255 Å². The summed E-state index contributed by atoms with van der Waals surface area (Å²) in [5.74, 6) is -3.15. The van der Waals surface area contributed by atoms with Gasteiger partial charge in [-0.05, 0) is 43.7 Å². The second kappa shape index (κ2) is 13.4. The summed E-state index contributed by atoms with van der Waals surface area (Å²) >= 11 is 10.2. The zero-order valence-corrected chi connectivity index (χ0v) is 26.1. The van der Waals surface area contributed by atoms with Crippen LogP contribution in [0, 0.1) is 17.8 Å². The summed E-state index contributed by atoms with van der Waals surface area (Å²) in [7, 11) is 0. The molecule has 1 aromatic carbocycles. The first-order chi connectivity index (χ1) is 19.7. The lowest BCUT2D eigenvalue weighted by atomic mass is 9.70. The van der Waals surface area contributed by atoms with Crippen molar-refractivity contribution in [2.45, 2.75) is 74.6 Å². The van der Waals surface area contributed by atoms with Crippen LogP contribution in [0.5, 0.6) is 0 Å². The van der Waals surface area contributed by atoms with Crippen LogP contribution in [-0.4, -0.2) is 76.2 Å². The van der Waals surface area contributed by atoms with Gasteiger partial charge in [-0.3, -0.25) is 14.4 Å². The number of rotatable bonds is 14. The van der Waals surface area contributed by atoms with E-state index in [9.17, 15) is 19.5 Å². The van der Waals surface area contributed by atoms with Gasteiger partial charge < -0.3 is 24.4 Å². The van der Waals surface area contributed by atoms with E-state index in [1.807, 2.05) is 19.9 Å². The van der Waals surface area contributed by atoms with Crippen molar-refractivity contribution in [1.82, 2.24) is 4.90 Å². The van der Waals surface area contributed by atoms with Gasteiger partial charge in [-0.2, -0.15) is 0 Å². The Morgan fingerprint density at radius 2 is 2.05 bits per heavy atom. The number of para-hydroxylation sites is 1. The number of carbonyl (C=O) groups excluding carboxylic acids is 3. The third-order valence-electron chi connectivity index (χ3n) is 8.85. The molecular formula is C31H40BrClN2O6. The number of likely N-dealkylation sites (tertiary alicyclic amines) is 1. The van der Waals surface area contributed by atoms with E-state index < -0.39 is 47.5 Å². The number of amides is 2. The van der Waals surface area contributed by atoms with E-state index in [1.54, 1.807) is 30.3 Å². The summed E-state index contributed by atoms with van der Waals surface area (Å²) in [6.07, 6.45) is 6.18. The summed E-state index contributed by atoms with van der Waals surface area (Å²) in [4.78, 5) is 45.4. The van der Waals surface area contributed by atoms with Crippen molar-refractivity contribution in [2.75, 3.05) is 24.7 Å². The number of hydrogen-bond donors (Lipinski definition) is 1. The molecule has 3 unspecified atom stereocenters. The molecule has 41 heavy (non-hydrogen) atoms. The Hall–Kier alpha value is -2.20. The Morgan fingerprint density at radius 1 is 1.32 bits per heavy atom. The van der Waals surface area contributed by atoms with Crippen LogP contribution in [0.2, 0.25) is 5.02 Å². The third-order valence-corrected chi connectivity index (χ3v) is 10.0. The Bertz CT molecular complexity index is 1170. The average molecular weight is 652 g/mol. The van der Waals surface area contributed by atoms with Crippen molar-refractivity contribution >= 4 is 51.0 Å². The normalized spacial score (nSPS) is 29.6. The fourth-order valence-electron chi connectivity index (χ4n) is 6.70. The SMILES string of the molecule is C=CCCCCOC(=O)[C@H]1[C@H]2C(=O)N([C@@H](CO)[C@@H](C)CC)C(C(=O)N(CC=C)c3ccccc3Cl)C23CC(Br)[C@@H]1O3. The van der Waals surface area contributed by atoms with Gasteiger partial charge in [-0.25, -0.2) is 0 Å². The quantitative estimate of drug-likeness (QED) is 0.133. The van der Waals surface area contributed by atoms with Crippen molar-refractivity contribution in [3.05, 3.63) is 54.6 Å². The minimum Gasteiger partial charge on any atom is -0.465 e. The Balaban J connectivity index is 1.78. The first-order valence-corrected chi connectivity index (χ1v) is 15.7. The molecule has 8 nitrogen and oxygen atoms in total. The van der Waals surface area contributed by atoms with Crippen LogP contribution in [-0.2, 0) is 23.9 Å². The van der Waals surface area contributed by atoms with Crippen LogP contribution in [0.25, 0.3) is 0 Å². The Kier molecular flexibility index (Phi) is 10.4. The molecule has 2 amide bonds. The van der Waals surface area contributed by atoms with E-state index >= 15 is 0 Å². The smallest absolute Gasteiger partial charge is 0.312 e. The fourth-order valence-corrected chi connectivity index (χ4v) is 7.88. The van der Waals surface area contributed by atoms with Gasteiger partial charge in [0.05, 0.1) is 47.9 Å². The minimum atomic E-state index is -1.28. The first kappa shape index (κ1) is 31.7. The van der Waals surface area contributed by atoms with E-state index in [1.165, 1.54) is 9.80 Å². The molecule has 3 saturated heterocycles. The number of fused-ring (bicyclic) bond motifs is 1. The van der Waals surface area contributed by atoms with Crippen molar-refractivity contribution in [1.29, 1.82) is 0 Å². The van der Waals surface area contributed by atoms with Crippen molar-refractivity contribution in [2.24, 2.45) is 17.8 Å². The van der Waals surface area contributed by atoms with Gasteiger partial charge in [0.25, 0.3) is 5.91 Å². The lowest BCUT2D eigenvalue weighted by Gasteiger charge is -2.41. The highest BCUT2D eigenvalue weighted by atomic mass is 79.9. The summed E-state index contributed by atoms with van der Waals surface area (Å²) in [5.41, 5.74) is -0.796. The number of esters is 1. The third kappa shape index (κ3) is 5.63. The molecule has 2 bridgehead atoms. The zero-order valence-electron chi connectivity index (χ0n) is 23.7. The molecule has 1 N–H and O–H groups in total. The highest BCUT2D eigenvalue weighted by Crippen LogP contribution is 2.61. The number of aliphatic hydroxyl groups is 1. The van der Waals surface area contributed by atoms with Gasteiger partial charge in [-0.15, -0.1) is 13.2 Å². The molecule has 3 aliphatic rings. The number of allylic oxidation sites excluding steroid dienone is 1. The Morgan fingerprint density at radius 3 is 2.68 bits per heavy atom. The van der Waals surface area contributed by atoms with Crippen LogP contribution in [0.3, 0.4) is 0 Å². The first-order valence-electron chi connectivity index (χ1n) is 14.4. The molecule has 0 aromatic heterocycles. The van der Waals surface area contributed by atoms with E-state index in [0.29, 0.717) is 30.0 Å². The molecule has 8 atom stereocenters. The molecule has 0 aliphatic carbocycles. The number of carbonyl (C=O) groups is 3. The standard InChI is InChI=1S/C31H40BrClN2O6/c1-5-8-9-12-16-40-30(39)24-25-28(37)35(23(18-36)19(4)7-3)27(31(25)17-20(32)26(24)41-31)29(38)34(15-6-2)22-14-11-10-13-21(22)33/h5-6,10-11,13-14,19-20,23-27,36H,1-2,7-9,12,15-18H2,3-4H3/t19-,20?,23-,24-,25-,26-,27?,31?/m0/s1. The molecule has 1 spiro atoms. The number of alkyl halides is 1. The van der Waals surface area contributed by atoms with Crippen LogP contribution >= 0.6 is 27.5 Å². The molecule has 3 fully saturated rings. The molecule has 0 radical (unpaired) electrons. The molecule has 224 valence electrons. The predicted octanol–water partition coefficient (Wildman–Crippen LogP) is 4.91. The van der Waals surface area contributed by atoms with E-state index in [-0.39, 0.29) is 36.4 Å². The lowest BCUT2D eigenvalue weighted by molar-refractivity contribution is -0.156. The second-order valence-corrected chi connectivity index (χ2v) is 12.8. The van der Waals surface area contributed by atoms with Gasteiger partial charge in [0.1, 0.15) is 11.6 Å². The van der Waals surface area contributed by atoms with E-state index in [4.69, 9.17) is 21.1 Å². The number of anilines is 1. The maximum atomic E-state index is 14.7. The molecule has 4 rings (SSSR count). The van der Waals surface area contributed by atoms with Gasteiger partial charge in [-0.1, -0.05) is 72.1 Å². The van der Waals surface area contributed by atoms with Crippen molar-refractivity contribution in [3.8, 4) is 0 Å². The minimum absolute atomic E-state index is 0.116. The number of unbranched alkanes of at least 4 members (excludes halogenated alkanes) is 2. The fraction of sp³-hybridized carbons (Fsp3) is 0.581. The number of halogens is 2. The molecule has 1 aromatic rings. The van der Waals surface area contributed by atoms with Crippen LogP contribution < -0.4 is 4.90 Å². The molecule has 10 heteroatoms. The maximum Gasteiger partial charge on any atom is 0.312 e. The number of nitrogens with zero attached hydrogens (tertiary/aromatic N) is 2. The van der Waals surface area contributed by atoms with Crippen molar-refractivity contribution < 1.29 is 29.0 Å². The largest absolute Gasteiger partial charge is 0.465 e. The molecule has 0 saturated carbocycles. The van der Waals surface area contributed by atoms with Crippen molar-refractivity contribution in [3.63, 3.8) is 0 Å². The second-order valence-electron chi connectivity index (χ2n) is 11.2. The van der Waals surface area contributed by atoms with Crippen LogP contribution in [0.4, 0.5) is 5.69 Å². The highest BCUT2D eigenvalue weighted by Gasteiger charge is 2.77. The lowest BCUT2D eigenvalue weighted by Crippen LogP contribution is -2.60. The zero-order chi connectivity index (χ0) is 29.9. The number of aliphatic hydroxyl groups excluding tert-OH is 1. The summed E-state index contributed by atoms with van der Waals surface area (Å²) in [5, 5.41) is 10.9. The molecular weight excluding hydrogens is 612 g/mol. The molecule has 3 aliphatic heterocycles. The number of ether oxygens (including phenoxy) is 2. The average Bonchev–Trinajstić information content (AvgIpc) is 3.55. The predicted molar refractivity (Wildman–Crippen MR) is 162 cm³/mol. The van der Waals surface area contributed by atoms with Crippen LogP contribution in [0.15, 0.2) is 49.6 Å². The number of hydrogen-bond acceptors (Lipinski definition) is 6. The monoisotopic (exact) mass is 650 g/mol. The van der Waals surface area contributed by atoms with Gasteiger partial charge >= 0.3 is 5.97 Å². The van der Waals surface area contributed by atoms with E-state index in [0.717, 1.165) is 12.8 Å². The topological polar surface area (TPSA) is 96.4 Å². The van der Waals surface area contributed by atoms with E-state index in [2.05, 4.69) is 29.1 Å². The highest BCUT2D eigenvalue weighted by molar-refractivity contribution is 9.09. The summed E-state index contributed by atoms with van der Waals surface area (Å²) < 4.78 is 12.3. The number of benzene rings is 1. The summed E-state index contributed by atoms with van der Waals surface area (Å²) in [6.45, 7) is 11.5. The maximum absolute atomic E-state index is 14.7. The van der Waals surface area contributed by atoms with Gasteiger partial charge in [0, 0.05) is 11.4 Å².